The fourth-order valence-electron chi connectivity index (χ4n) is 2.58. The summed E-state index contributed by atoms with van der Waals surface area (Å²) < 4.78 is 3.50. The molecule has 21 heavy (non-hydrogen) atoms. The van der Waals surface area contributed by atoms with Gasteiger partial charge in [-0.25, -0.2) is 4.98 Å². The lowest BCUT2D eigenvalue weighted by molar-refractivity contribution is 0.850. The molecule has 3 rings (SSSR count). The van der Waals surface area contributed by atoms with Gasteiger partial charge in [0, 0.05) is 13.2 Å². The van der Waals surface area contributed by atoms with Gasteiger partial charge in [0.05, 0.1) is 27.0 Å². The number of aryl methyl sites for hydroxylation is 1. The molecule has 0 spiro atoms. The van der Waals surface area contributed by atoms with Crippen molar-refractivity contribution in [2.75, 3.05) is 0 Å². The molecule has 108 valence electrons. The first-order valence-electron chi connectivity index (χ1n) is 7.24. The molecule has 0 saturated carbocycles. The van der Waals surface area contributed by atoms with Crippen LogP contribution in [0, 0.1) is 0 Å². The molecule has 3 aromatic rings. The molecule has 2 aromatic heterocycles. The van der Waals surface area contributed by atoms with Crippen LogP contribution in [-0.4, -0.2) is 22.7 Å². The minimum Gasteiger partial charge on any atom is -0.315 e. The normalized spacial score (nSPS) is 12.7. The topological polar surface area (TPSA) is 39.3 Å². The maximum absolute atomic E-state index is 12.1. The summed E-state index contributed by atoms with van der Waals surface area (Å²) in [5.74, 6) is 0. The Hall–Kier alpha value is -2.14. The molecule has 0 aliphatic rings. The third-order valence-corrected chi connectivity index (χ3v) is 6.84. The number of imidazole rings is 1. The Morgan fingerprint density at radius 3 is 2.90 bits per heavy atom. The van der Waals surface area contributed by atoms with Crippen LogP contribution in [0.2, 0.25) is 12.6 Å². The first-order valence-corrected chi connectivity index (χ1v) is 9.78. The summed E-state index contributed by atoms with van der Waals surface area (Å²) >= 11 is 0. The Morgan fingerprint density at radius 1 is 1.33 bits per heavy atom. The molecule has 0 N–H and O–H groups in total. The highest BCUT2D eigenvalue weighted by Gasteiger charge is 2.11. The quantitative estimate of drug-likeness (QED) is 0.691. The van der Waals surface area contributed by atoms with Crippen LogP contribution in [-0.2, 0) is 7.05 Å². The number of hydrogen-bond donors (Lipinski definition) is 0. The molecule has 1 unspecified atom stereocenters. The lowest BCUT2D eigenvalue weighted by Gasteiger charge is -2.12. The molecule has 1 aromatic carbocycles. The Kier molecular flexibility index (Phi) is 3.51. The highest BCUT2D eigenvalue weighted by molar-refractivity contribution is 6.72. The van der Waals surface area contributed by atoms with Crippen LogP contribution in [0.5, 0.6) is 0 Å². The minimum absolute atomic E-state index is 0.0243. The third kappa shape index (κ3) is 2.33. The van der Waals surface area contributed by atoms with E-state index in [-0.39, 0.29) is 5.56 Å². The van der Waals surface area contributed by atoms with E-state index in [4.69, 9.17) is 0 Å². The van der Waals surface area contributed by atoms with Gasteiger partial charge in [0.15, 0.2) is 0 Å². The lowest BCUT2D eigenvalue weighted by atomic mass is 10.1. The zero-order valence-electron chi connectivity index (χ0n) is 12.6. The van der Waals surface area contributed by atoms with E-state index in [1.54, 1.807) is 24.1 Å². The molecular weight excluding hydrogens is 278 g/mol. The zero-order valence-corrected chi connectivity index (χ0v) is 13.7. The summed E-state index contributed by atoms with van der Waals surface area (Å²) in [5, 5.41) is 1.46. The van der Waals surface area contributed by atoms with E-state index in [1.165, 1.54) is 11.2 Å². The van der Waals surface area contributed by atoms with E-state index in [9.17, 15) is 4.79 Å². The third-order valence-electron chi connectivity index (χ3n) is 4.12. The van der Waals surface area contributed by atoms with Gasteiger partial charge in [-0.15, -0.1) is 0 Å². The monoisotopic (exact) mass is 297 g/mol. The van der Waals surface area contributed by atoms with Crippen molar-refractivity contribution in [3.63, 3.8) is 0 Å². The van der Waals surface area contributed by atoms with Gasteiger partial charge in [-0.3, -0.25) is 9.20 Å². The molecule has 0 aliphatic carbocycles. The van der Waals surface area contributed by atoms with Crippen molar-refractivity contribution in [2.45, 2.75) is 19.5 Å². The van der Waals surface area contributed by atoms with Crippen molar-refractivity contribution in [3.8, 4) is 11.3 Å². The van der Waals surface area contributed by atoms with Gasteiger partial charge in [-0.1, -0.05) is 49.0 Å². The Balaban J connectivity index is 2.23. The highest BCUT2D eigenvalue weighted by atomic mass is 28.3. The molecule has 0 bridgehead atoms. The summed E-state index contributed by atoms with van der Waals surface area (Å²) in [5.41, 5.74) is 2.73. The van der Waals surface area contributed by atoms with E-state index in [0.29, 0.717) is 5.52 Å². The molecule has 0 aliphatic heterocycles. The fraction of sp³-hybridized carbons (Fsp3) is 0.250. The van der Waals surface area contributed by atoms with Crippen molar-refractivity contribution < 1.29 is 0 Å². The van der Waals surface area contributed by atoms with Crippen LogP contribution in [0.3, 0.4) is 0 Å². The van der Waals surface area contributed by atoms with Gasteiger partial charge >= 0.3 is 0 Å². The van der Waals surface area contributed by atoms with Gasteiger partial charge < -0.3 is 4.57 Å². The molecule has 0 radical (unpaired) electrons. The first kappa shape index (κ1) is 13.8. The first-order chi connectivity index (χ1) is 10.1. The number of rotatable bonds is 3. The second-order valence-corrected chi connectivity index (χ2v) is 8.80. The molecular formula is C16H19N3OSi. The predicted octanol–water partition coefficient (Wildman–Crippen LogP) is 1.78. The van der Waals surface area contributed by atoms with Crippen molar-refractivity contribution >= 4 is 19.5 Å². The number of nitrogens with zero attached hydrogens (tertiary/aromatic N) is 3. The van der Waals surface area contributed by atoms with Gasteiger partial charge in [-0.05, 0) is 5.56 Å². The molecule has 2 heterocycles. The summed E-state index contributed by atoms with van der Waals surface area (Å²) in [6.45, 7) is 4.62. The SMILES string of the molecule is CC[SiH](C)c1cccc(-c2cn(C)c(=O)c3cncn23)c1. The number of aromatic nitrogens is 3. The van der Waals surface area contributed by atoms with Gasteiger partial charge in [0.1, 0.15) is 5.52 Å². The molecule has 4 nitrogen and oxygen atoms in total. The van der Waals surface area contributed by atoms with Crippen LogP contribution in [0.15, 0.2) is 47.8 Å². The van der Waals surface area contributed by atoms with E-state index in [1.807, 2.05) is 10.6 Å². The largest absolute Gasteiger partial charge is 0.315 e. The summed E-state index contributed by atoms with van der Waals surface area (Å²) in [6, 6.07) is 9.94. The minimum atomic E-state index is -0.854. The lowest BCUT2D eigenvalue weighted by Crippen LogP contribution is -2.25. The Bertz CT molecular complexity index is 850. The van der Waals surface area contributed by atoms with Crippen molar-refractivity contribution in [3.05, 3.63) is 53.3 Å². The predicted molar refractivity (Wildman–Crippen MR) is 89.0 cm³/mol. The van der Waals surface area contributed by atoms with E-state index < -0.39 is 8.80 Å². The summed E-state index contributed by atoms with van der Waals surface area (Å²) in [7, 11) is 0.930. The number of fused-ring (bicyclic) bond motifs is 1. The van der Waals surface area contributed by atoms with Crippen LogP contribution >= 0.6 is 0 Å². The van der Waals surface area contributed by atoms with Crippen LogP contribution < -0.4 is 10.7 Å². The van der Waals surface area contributed by atoms with E-state index in [2.05, 4.69) is 42.7 Å². The maximum atomic E-state index is 12.1. The smallest absolute Gasteiger partial charge is 0.276 e. The molecule has 5 heteroatoms. The van der Waals surface area contributed by atoms with Crippen molar-refractivity contribution in [1.82, 2.24) is 14.0 Å². The van der Waals surface area contributed by atoms with Crippen molar-refractivity contribution in [2.24, 2.45) is 7.05 Å². The fourth-order valence-corrected chi connectivity index (χ4v) is 3.96. The Morgan fingerprint density at radius 2 is 2.14 bits per heavy atom. The van der Waals surface area contributed by atoms with E-state index in [0.717, 1.165) is 11.3 Å². The van der Waals surface area contributed by atoms with Crippen LogP contribution in [0.4, 0.5) is 0 Å². The second-order valence-electron chi connectivity index (χ2n) is 5.51. The van der Waals surface area contributed by atoms with Crippen LogP contribution in [0.25, 0.3) is 16.8 Å². The number of hydrogen-bond acceptors (Lipinski definition) is 2. The standard InChI is InChI=1S/C16H19N3OSi/c1-4-21(3)13-7-5-6-12(8-13)15-10-18(2)16(20)14-9-17-11-19(14)15/h5-11,21H,4H2,1-3H3. The van der Waals surface area contributed by atoms with Crippen LogP contribution in [0.1, 0.15) is 6.92 Å². The molecule has 0 amide bonds. The number of benzene rings is 1. The molecule has 0 saturated heterocycles. The average Bonchev–Trinajstić information content (AvgIpc) is 3.00. The van der Waals surface area contributed by atoms with E-state index >= 15 is 0 Å². The summed E-state index contributed by atoms with van der Waals surface area (Å²) in [6.07, 6.45) is 5.22. The maximum Gasteiger partial charge on any atom is 0.276 e. The summed E-state index contributed by atoms with van der Waals surface area (Å²) in [4.78, 5) is 16.2. The van der Waals surface area contributed by atoms with Gasteiger partial charge in [0.2, 0.25) is 0 Å². The van der Waals surface area contributed by atoms with Gasteiger partial charge in [0.25, 0.3) is 5.56 Å². The van der Waals surface area contributed by atoms with Crippen molar-refractivity contribution in [1.29, 1.82) is 0 Å². The molecule has 1 atom stereocenters. The zero-order chi connectivity index (χ0) is 15.0. The average molecular weight is 297 g/mol. The molecule has 0 fully saturated rings. The second kappa shape index (κ2) is 5.33. The van der Waals surface area contributed by atoms with Gasteiger partial charge in [-0.2, -0.15) is 0 Å². The highest BCUT2D eigenvalue weighted by Crippen LogP contribution is 2.18. The Labute approximate surface area is 125 Å².